The first kappa shape index (κ1) is 20.7. The van der Waals surface area contributed by atoms with E-state index >= 15 is 0 Å². The Kier molecular flexibility index (Phi) is 9.07. The van der Waals surface area contributed by atoms with Crippen LogP contribution < -0.4 is 10.6 Å². The van der Waals surface area contributed by atoms with Crippen LogP contribution in [0.4, 0.5) is 5.69 Å². The molecule has 0 bridgehead atoms. The van der Waals surface area contributed by atoms with E-state index in [1.54, 1.807) is 12.1 Å². The summed E-state index contributed by atoms with van der Waals surface area (Å²) in [4.78, 5) is 25.5. The van der Waals surface area contributed by atoms with Gasteiger partial charge in [-0.25, -0.2) is 0 Å². The molecule has 0 unspecified atom stereocenters. The van der Waals surface area contributed by atoms with Crippen molar-refractivity contribution in [3.63, 3.8) is 0 Å². The molecule has 0 spiro atoms. The van der Waals surface area contributed by atoms with E-state index in [-0.39, 0.29) is 6.42 Å². The fourth-order valence-electron chi connectivity index (χ4n) is 2.16. The third-order valence-electron chi connectivity index (χ3n) is 3.61. The zero-order chi connectivity index (χ0) is 18.1. The highest BCUT2D eigenvalue weighted by Crippen LogP contribution is 2.25. The quantitative estimate of drug-likeness (QED) is 0.585. The summed E-state index contributed by atoms with van der Waals surface area (Å²) in [6.07, 6.45) is -0.188. The Morgan fingerprint density at radius 3 is 2.46 bits per heavy atom. The number of anilines is 1. The standard InChI is InChI=1S/C16H23Cl2N3O3/c1-3-21(4-2)8-7-19-14(16(23)24)10-15(22)20-13-6-5-11(17)9-12(13)18/h5-6,9,14,19H,3-4,7-8,10H2,1-2H3,(H,20,22)(H,23,24)/t14-/m0/s1. The molecule has 0 fully saturated rings. The minimum atomic E-state index is -1.06. The highest BCUT2D eigenvalue weighted by Gasteiger charge is 2.21. The lowest BCUT2D eigenvalue weighted by Gasteiger charge is -2.20. The Morgan fingerprint density at radius 1 is 1.25 bits per heavy atom. The number of hydrogen-bond donors (Lipinski definition) is 3. The molecule has 0 aliphatic heterocycles. The number of hydrogen-bond acceptors (Lipinski definition) is 4. The summed E-state index contributed by atoms with van der Waals surface area (Å²) in [7, 11) is 0. The SMILES string of the molecule is CCN(CC)CCN[C@@H](CC(=O)Nc1ccc(Cl)cc1Cl)C(=O)O. The predicted molar refractivity (Wildman–Crippen MR) is 96.9 cm³/mol. The zero-order valence-electron chi connectivity index (χ0n) is 13.8. The molecular formula is C16H23Cl2N3O3. The Morgan fingerprint density at radius 2 is 1.92 bits per heavy atom. The van der Waals surface area contributed by atoms with E-state index in [2.05, 4.69) is 15.5 Å². The second-order valence-corrected chi connectivity index (χ2v) is 6.09. The normalized spacial score (nSPS) is 12.2. The van der Waals surface area contributed by atoms with Gasteiger partial charge in [0, 0.05) is 18.1 Å². The number of carboxylic acids is 1. The van der Waals surface area contributed by atoms with Crippen LogP contribution in [0.2, 0.25) is 10.0 Å². The minimum absolute atomic E-state index is 0.188. The maximum Gasteiger partial charge on any atom is 0.321 e. The number of carbonyl (C=O) groups is 2. The van der Waals surface area contributed by atoms with Gasteiger partial charge in [-0.1, -0.05) is 37.0 Å². The smallest absolute Gasteiger partial charge is 0.321 e. The van der Waals surface area contributed by atoms with Gasteiger partial charge in [0.05, 0.1) is 17.1 Å². The lowest BCUT2D eigenvalue weighted by Crippen LogP contribution is -2.43. The van der Waals surface area contributed by atoms with E-state index in [0.717, 1.165) is 19.6 Å². The highest BCUT2D eigenvalue weighted by molar-refractivity contribution is 6.36. The first-order valence-electron chi connectivity index (χ1n) is 7.80. The van der Waals surface area contributed by atoms with Crippen molar-refractivity contribution in [1.82, 2.24) is 10.2 Å². The Hall–Kier alpha value is -1.34. The molecule has 0 saturated heterocycles. The molecule has 0 aliphatic rings. The summed E-state index contributed by atoms with van der Waals surface area (Å²) in [5.74, 6) is -1.49. The molecule has 1 amide bonds. The third-order valence-corrected chi connectivity index (χ3v) is 4.15. The molecule has 24 heavy (non-hydrogen) atoms. The number of likely N-dealkylation sites (N-methyl/N-ethyl adjacent to an activating group) is 1. The zero-order valence-corrected chi connectivity index (χ0v) is 15.3. The molecule has 0 aromatic heterocycles. The van der Waals surface area contributed by atoms with Crippen molar-refractivity contribution >= 4 is 40.8 Å². The summed E-state index contributed by atoms with van der Waals surface area (Å²) in [6.45, 7) is 7.09. The molecule has 0 heterocycles. The first-order chi connectivity index (χ1) is 11.4. The second kappa shape index (κ2) is 10.5. The van der Waals surface area contributed by atoms with Gasteiger partial charge in [-0.05, 0) is 31.3 Å². The molecule has 1 aromatic rings. The number of aliphatic carboxylic acids is 1. The second-order valence-electron chi connectivity index (χ2n) is 5.25. The molecule has 134 valence electrons. The largest absolute Gasteiger partial charge is 0.480 e. The number of nitrogens with one attached hydrogen (secondary N) is 2. The minimum Gasteiger partial charge on any atom is -0.480 e. The number of carbonyl (C=O) groups excluding carboxylic acids is 1. The third kappa shape index (κ3) is 7.05. The van der Waals surface area contributed by atoms with Crippen LogP contribution in [0.5, 0.6) is 0 Å². The number of nitrogens with zero attached hydrogens (tertiary/aromatic N) is 1. The van der Waals surface area contributed by atoms with Crippen molar-refractivity contribution in [2.45, 2.75) is 26.3 Å². The van der Waals surface area contributed by atoms with Gasteiger partial charge in [0.25, 0.3) is 0 Å². The molecule has 0 aliphatic carbocycles. The van der Waals surface area contributed by atoms with Crippen LogP contribution in [0, 0.1) is 0 Å². The topological polar surface area (TPSA) is 81.7 Å². The number of halogens is 2. The van der Waals surface area contributed by atoms with Gasteiger partial charge in [-0.2, -0.15) is 0 Å². The van der Waals surface area contributed by atoms with Gasteiger partial charge in [-0.15, -0.1) is 0 Å². The van der Waals surface area contributed by atoms with Crippen molar-refractivity contribution in [3.8, 4) is 0 Å². The number of carboxylic acid groups (broad SMARTS) is 1. The lowest BCUT2D eigenvalue weighted by atomic mass is 10.2. The van der Waals surface area contributed by atoms with E-state index < -0.39 is 17.9 Å². The molecule has 0 saturated carbocycles. The van der Waals surface area contributed by atoms with Crippen LogP contribution >= 0.6 is 23.2 Å². The molecule has 0 radical (unpaired) electrons. The van der Waals surface area contributed by atoms with Gasteiger partial charge in [-0.3, -0.25) is 9.59 Å². The summed E-state index contributed by atoms with van der Waals surface area (Å²) in [5.41, 5.74) is 0.401. The number of rotatable bonds is 10. The fourth-order valence-corrected chi connectivity index (χ4v) is 2.62. The maximum atomic E-state index is 12.1. The van der Waals surface area contributed by atoms with Gasteiger partial charge < -0.3 is 20.6 Å². The highest BCUT2D eigenvalue weighted by atomic mass is 35.5. The summed E-state index contributed by atoms with van der Waals surface area (Å²) in [6, 6.07) is 3.73. The van der Waals surface area contributed by atoms with E-state index in [1.165, 1.54) is 6.07 Å². The average molecular weight is 376 g/mol. The Balaban J connectivity index is 2.55. The number of amides is 1. The maximum absolute atomic E-state index is 12.1. The fraction of sp³-hybridized carbons (Fsp3) is 0.500. The molecule has 8 heteroatoms. The first-order valence-corrected chi connectivity index (χ1v) is 8.56. The van der Waals surface area contributed by atoms with Crippen molar-refractivity contribution < 1.29 is 14.7 Å². The van der Waals surface area contributed by atoms with Gasteiger partial charge in [0.15, 0.2) is 0 Å². The summed E-state index contributed by atoms with van der Waals surface area (Å²) >= 11 is 11.8. The molecule has 1 aromatic carbocycles. The lowest BCUT2D eigenvalue weighted by molar-refractivity contribution is -0.141. The van der Waals surface area contributed by atoms with Crippen LogP contribution in [-0.2, 0) is 9.59 Å². The van der Waals surface area contributed by atoms with Crippen molar-refractivity contribution in [1.29, 1.82) is 0 Å². The Labute approximate surface area is 152 Å². The van der Waals surface area contributed by atoms with E-state index in [0.29, 0.717) is 22.3 Å². The van der Waals surface area contributed by atoms with Crippen molar-refractivity contribution in [2.75, 3.05) is 31.5 Å². The van der Waals surface area contributed by atoms with Crippen LogP contribution in [0.3, 0.4) is 0 Å². The molecule has 1 atom stereocenters. The Bertz CT molecular complexity index is 565. The van der Waals surface area contributed by atoms with Gasteiger partial charge in [0.1, 0.15) is 6.04 Å². The van der Waals surface area contributed by atoms with Crippen LogP contribution in [-0.4, -0.2) is 54.1 Å². The van der Waals surface area contributed by atoms with Crippen molar-refractivity contribution in [2.24, 2.45) is 0 Å². The molecule has 3 N–H and O–H groups in total. The van der Waals surface area contributed by atoms with Gasteiger partial charge >= 0.3 is 5.97 Å². The molecule has 1 rings (SSSR count). The summed E-state index contributed by atoms with van der Waals surface area (Å²) in [5, 5.41) is 15.5. The monoisotopic (exact) mass is 375 g/mol. The van der Waals surface area contributed by atoms with Crippen LogP contribution in [0.15, 0.2) is 18.2 Å². The molecular weight excluding hydrogens is 353 g/mol. The predicted octanol–water partition coefficient (Wildman–Crippen LogP) is 2.71. The van der Waals surface area contributed by atoms with Crippen LogP contribution in [0.25, 0.3) is 0 Å². The van der Waals surface area contributed by atoms with E-state index in [4.69, 9.17) is 23.2 Å². The van der Waals surface area contributed by atoms with E-state index in [9.17, 15) is 14.7 Å². The van der Waals surface area contributed by atoms with Gasteiger partial charge in [0.2, 0.25) is 5.91 Å². The average Bonchev–Trinajstić information content (AvgIpc) is 2.53. The molecule has 6 nitrogen and oxygen atoms in total. The van der Waals surface area contributed by atoms with Crippen LogP contribution in [0.1, 0.15) is 20.3 Å². The van der Waals surface area contributed by atoms with Crippen molar-refractivity contribution in [3.05, 3.63) is 28.2 Å². The summed E-state index contributed by atoms with van der Waals surface area (Å²) < 4.78 is 0. The number of benzene rings is 1. The van der Waals surface area contributed by atoms with E-state index in [1.807, 2.05) is 13.8 Å².